The second kappa shape index (κ2) is 18.2. The topological polar surface area (TPSA) is 17.4 Å². The molecule has 0 spiro atoms. The molecule has 1 aromatic heterocycles. The summed E-state index contributed by atoms with van der Waals surface area (Å²) in [5, 5.41) is 2.44. The number of aromatic nitrogens is 1. The number of hydrogen-bond donors (Lipinski definition) is 0. The van der Waals surface area contributed by atoms with Crippen LogP contribution >= 0.6 is 0 Å². The van der Waals surface area contributed by atoms with E-state index in [2.05, 4.69) is 257 Å². The van der Waals surface area contributed by atoms with E-state index < -0.39 is 0 Å². The van der Waals surface area contributed by atoms with Crippen LogP contribution in [-0.2, 0) is 0 Å². The van der Waals surface area contributed by atoms with E-state index >= 15 is 0 Å². The number of fused-ring (bicyclic) bond motifs is 3. The van der Waals surface area contributed by atoms with Crippen LogP contribution in [0.2, 0.25) is 0 Å². The van der Waals surface area contributed by atoms with E-state index in [0.717, 1.165) is 46.0 Å². The van der Waals surface area contributed by atoms with Crippen molar-refractivity contribution in [3.8, 4) is 55.9 Å². The molecule has 1 atom stereocenters. The Morgan fingerprint density at radius 3 is 1.16 bits per heavy atom. The van der Waals surface area contributed by atoms with Gasteiger partial charge in [-0.05, 0) is 158 Å². The number of nitrogens with zero attached hydrogens (tertiary/aromatic N) is 2. The normalized spacial score (nSPS) is 12.3. The zero-order chi connectivity index (χ0) is 47.0. The van der Waals surface area contributed by atoms with Gasteiger partial charge in [0.15, 0.2) is 0 Å². The van der Waals surface area contributed by atoms with Gasteiger partial charge in [-0.1, -0.05) is 175 Å². The maximum atomic E-state index is 5.56. The maximum Gasteiger partial charge on any atom is 0.119 e. The quantitative estimate of drug-likeness (QED) is 0.129. The maximum absolute atomic E-state index is 5.56. The Hall–Kier alpha value is -7.62. The third kappa shape index (κ3) is 9.09. The highest BCUT2D eigenvalue weighted by Crippen LogP contribution is 2.45. The lowest BCUT2D eigenvalue weighted by Crippen LogP contribution is -2.23. The van der Waals surface area contributed by atoms with Crippen LogP contribution in [0, 0.1) is 10.8 Å². The van der Waals surface area contributed by atoms with E-state index in [1.807, 2.05) is 12.1 Å². The van der Waals surface area contributed by atoms with Crippen LogP contribution in [0.5, 0.6) is 5.75 Å². The molecular formula is C65H60N2O. The number of benzene rings is 9. The summed E-state index contributed by atoms with van der Waals surface area (Å²) in [6.07, 6.45) is 1.14. The predicted octanol–water partition coefficient (Wildman–Crippen LogP) is 18.5. The monoisotopic (exact) mass is 884 g/mol. The Labute approximate surface area is 403 Å². The van der Waals surface area contributed by atoms with Crippen molar-refractivity contribution in [3.63, 3.8) is 0 Å². The van der Waals surface area contributed by atoms with Crippen molar-refractivity contribution < 1.29 is 4.74 Å². The van der Waals surface area contributed by atoms with Gasteiger partial charge in [-0.25, -0.2) is 0 Å². The van der Waals surface area contributed by atoms with Gasteiger partial charge in [-0.3, -0.25) is 0 Å². The first-order chi connectivity index (χ1) is 32.9. The summed E-state index contributed by atoms with van der Waals surface area (Å²) in [5.74, 6) is 1.31. The first-order valence-electron chi connectivity index (χ1n) is 23.9. The molecule has 1 unspecified atom stereocenters. The molecule has 0 fully saturated rings. The summed E-state index contributed by atoms with van der Waals surface area (Å²) in [7, 11) is 1.72. The number of rotatable bonds is 11. The molecule has 0 aliphatic heterocycles. The smallest absolute Gasteiger partial charge is 0.119 e. The number of methoxy groups -OCH3 is 1. The standard InChI is InChI=1S/C65H60N2O/c1-64(2,3)44-61(65(4,5)6)51-20-18-49(19-21-51)52-28-40-62-59(42-52)60-43-53(29-41-63(60)67(62)57-36-38-58(68-7)39-37-57)50-26-34-56(35-27-50)66(54-30-22-47(23-31-54)45-14-10-8-11-15-45)55-32-24-48(25-33-55)46-16-12-9-13-17-46/h8-43,61H,44H2,1-7H3. The van der Waals surface area contributed by atoms with Gasteiger partial charge in [0.2, 0.25) is 0 Å². The summed E-state index contributed by atoms with van der Waals surface area (Å²) in [5.41, 5.74) is 18.1. The highest BCUT2D eigenvalue weighted by Gasteiger charge is 2.30. The van der Waals surface area contributed by atoms with Crippen LogP contribution in [0.25, 0.3) is 72.0 Å². The van der Waals surface area contributed by atoms with Crippen LogP contribution in [-0.4, -0.2) is 11.7 Å². The minimum absolute atomic E-state index is 0.165. The Bertz CT molecular complexity index is 3220. The minimum atomic E-state index is 0.165. The van der Waals surface area contributed by atoms with Crippen molar-refractivity contribution in [1.29, 1.82) is 0 Å². The van der Waals surface area contributed by atoms with Gasteiger partial charge in [0, 0.05) is 33.5 Å². The molecule has 0 radical (unpaired) electrons. The zero-order valence-electron chi connectivity index (χ0n) is 40.4. The van der Waals surface area contributed by atoms with Crippen molar-refractivity contribution in [2.45, 2.75) is 53.9 Å². The minimum Gasteiger partial charge on any atom is -0.497 e. The molecule has 68 heavy (non-hydrogen) atoms. The molecule has 1 heterocycles. The molecule has 0 aliphatic carbocycles. The fourth-order valence-electron chi connectivity index (χ4n) is 9.95. The number of anilines is 3. The molecular weight excluding hydrogens is 825 g/mol. The lowest BCUT2D eigenvalue weighted by atomic mass is 9.69. The fraction of sp³-hybridized carbons (Fsp3) is 0.169. The molecule has 0 amide bonds. The zero-order valence-corrected chi connectivity index (χ0v) is 40.4. The molecule has 336 valence electrons. The average molecular weight is 885 g/mol. The highest BCUT2D eigenvalue weighted by molar-refractivity contribution is 6.11. The summed E-state index contributed by atoms with van der Waals surface area (Å²) >= 11 is 0. The highest BCUT2D eigenvalue weighted by atomic mass is 16.5. The second-order valence-electron chi connectivity index (χ2n) is 20.5. The lowest BCUT2D eigenvalue weighted by molar-refractivity contribution is 0.229. The molecule has 0 bridgehead atoms. The second-order valence-corrected chi connectivity index (χ2v) is 20.5. The third-order valence-corrected chi connectivity index (χ3v) is 13.5. The molecule has 0 N–H and O–H groups in total. The summed E-state index contributed by atoms with van der Waals surface area (Å²) in [6.45, 7) is 14.2. The fourth-order valence-corrected chi connectivity index (χ4v) is 9.95. The van der Waals surface area contributed by atoms with Crippen molar-refractivity contribution in [3.05, 3.63) is 224 Å². The van der Waals surface area contributed by atoms with Crippen LogP contribution in [0.3, 0.4) is 0 Å². The summed E-state index contributed by atoms with van der Waals surface area (Å²) in [4.78, 5) is 2.35. The molecule has 0 aliphatic rings. The Balaban J connectivity index is 1.03. The summed E-state index contributed by atoms with van der Waals surface area (Å²) in [6, 6.07) is 79.6. The average Bonchev–Trinajstić information content (AvgIpc) is 3.69. The van der Waals surface area contributed by atoms with Gasteiger partial charge in [0.05, 0.1) is 18.1 Å². The lowest BCUT2D eigenvalue weighted by Gasteiger charge is -2.36. The molecule has 3 heteroatoms. The SMILES string of the molecule is COc1ccc(-n2c3ccc(-c4ccc(C(CC(C)(C)C)C(C)(C)C)cc4)cc3c3cc(-c4ccc(N(c5ccc(-c6ccccc6)cc5)c5ccc(-c6ccccc6)cc5)cc4)ccc32)cc1. The first-order valence-corrected chi connectivity index (χ1v) is 23.9. The van der Waals surface area contributed by atoms with Gasteiger partial charge in [-0.2, -0.15) is 0 Å². The molecule has 3 nitrogen and oxygen atoms in total. The third-order valence-electron chi connectivity index (χ3n) is 13.5. The molecule has 10 rings (SSSR count). The van der Waals surface area contributed by atoms with Crippen molar-refractivity contribution in [2.24, 2.45) is 10.8 Å². The van der Waals surface area contributed by atoms with Gasteiger partial charge < -0.3 is 14.2 Å². The van der Waals surface area contributed by atoms with Crippen LogP contribution in [0.15, 0.2) is 218 Å². The molecule has 0 saturated heterocycles. The van der Waals surface area contributed by atoms with Gasteiger partial charge in [0.1, 0.15) is 5.75 Å². The predicted molar refractivity (Wildman–Crippen MR) is 290 cm³/mol. The van der Waals surface area contributed by atoms with E-state index in [1.165, 1.54) is 60.8 Å². The summed E-state index contributed by atoms with van der Waals surface area (Å²) < 4.78 is 7.94. The van der Waals surface area contributed by atoms with Gasteiger partial charge in [-0.15, -0.1) is 0 Å². The van der Waals surface area contributed by atoms with E-state index in [-0.39, 0.29) is 10.8 Å². The van der Waals surface area contributed by atoms with Crippen LogP contribution < -0.4 is 9.64 Å². The molecule has 9 aromatic carbocycles. The van der Waals surface area contributed by atoms with Crippen LogP contribution in [0.1, 0.15) is 59.4 Å². The van der Waals surface area contributed by atoms with Gasteiger partial charge in [0.25, 0.3) is 0 Å². The van der Waals surface area contributed by atoms with Crippen molar-refractivity contribution in [2.75, 3.05) is 12.0 Å². The van der Waals surface area contributed by atoms with Crippen LogP contribution in [0.4, 0.5) is 17.1 Å². The Morgan fingerprint density at radius 1 is 0.412 bits per heavy atom. The van der Waals surface area contributed by atoms with Crippen molar-refractivity contribution >= 4 is 38.9 Å². The Kier molecular flexibility index (Phi) is 11.9. The van der Waals surface area contributed by atoms with E-state index in [0.29, 0.717) is 5.92 Å². The van der Waals surface area contributed by atoms with Gasteiger partial charge >= 0.3 is 0 Å². The Morgan fingerprint density at radius 2 is 0.779 bits per heavy atom. The molecule has 0 saturated carbocycles. The van der Waals surface area contributed by atoms with E-state index in [1.54, 1.807) is 7.11 Å². The number of ether oxygens (including phenoxy) is 1. The first kappa shape index (κ1) is 44.2. The van der Waals surface area contributed by atoms with E-state index in [4.69, 9.17) is 4.74 Å². The van der Waals surface area contributed by atoms with Crippen molar-refractivity contribution in [1.82, 2.24) is 4.57 Å². The number of hydrogen-bond acceptors (Lipinski definition) is 2. The van der Waals surface area contributed by atoms with E-state index in [9.17, 15) is 0 Å². The molecule has 10 aromatic rings. The largest absolute Gasteiger partial charge is 0.497 e.